The number of carbonyl (C=O) groups excluding carboxylic acids is 1. The van der Waals surface area contributed by atoms with Gasteiger partial charge >= 0.3 is 0 Å². The third-order valence-corrected chi connectivity index (χ3v) is 7.60. The Kier molecular flexibility index (Phi) is 6.24. The number of aromatic amines is 1. The Bertz CT molecular complexity index is 1360. The lowest BCUT2D eigenvalue weighted by atomic mass is 9.94. The third kappa shape index (κ3) is 4.51. The highest BCUT2D eigenvalue weighted by atomic mass is 35.5. The number of imidazole rings is 1. The van der Waals surface area contributed by atoms with E-state index < -0.39 is 0 Å². The van der Waals surface area contributed by atoms with Gasteiger partial charge in [0.25, 0.3) is 0 Å². The van der Waals surface area contributed by atoms with Crippen LogP contribution in [0.5, 0.6) is 0 Å². The highest BCUT2D eigenvalue weighted by molar-refractivity contribution is 6.31. The zero-order valence-electron chi connectivity index (χ0n) is 20.2. The van der Waals surface area contributed by atoms with Gasteiger partial charge < -0.3 is 14.8 Å². The van der Waals surface area contributed by atoms with Crippen molar-refractivity contribution >= 4 is 28.9 Å². The molecule has 4 aromatic rings. The Hall–Kier alpha value is -3.57. The van der Waals surface area contributed by atoms with Crippen molar-refractivity contribution in [1.82, 2.24) is 9.97 Å². The molecule has 0 aliphatic carbocycles. The summed E-state index contributed by atoms with van der Waals surface area (Å²) in [7, 11) is 0. The molecule has 182 valence electrons. The first kappa shape index (κ1) is 22.9. The number of hydrogen-bond donors (Lipinski definition) is 1. The molecule has 1 aromatic heterocycles. The fourth-order valence-corrected chi connectivity index (χ4v) is 5.66. The first-order chi connectivity index (χ1) is 17.7. The van der Waals surface area contributed by atoms with Crippen molar-refractivity contribution in [3.05, 3.63) is 101 Å². The van der Waals surface area contributed by atoms with Crippen molar-refractivity contribution < 1.29 is 4.79 Å². The van der Waals surface area contributed by atoms with Crippen LogP contribution >= 0.6 is 11.6 Å². The average molecular weight is 497 g/mol. The number of benzene rings is 3. The number of anilines is 2. The van der Waals surface area contributed by atoms with Crippen LogP contribution in [-0.4, -0.2) is 35.5 Å². The Labute approximate surface area is 216 Å². The smallest absolute Gasteiger partial charge is 0.230 e. The van der Waals surface area contributed by atoms with E-state index in [4.69, 9.17) is 16.6 Å². The number of carbonyl (C=O) groups is 1. The summed E-state index contributed by atoms with van der Waals surface area (Å²) < 4.78 is 0. The van der Waals surface area contributed by atoms with Gasteiger partial charge in [-0.05, 0) is 48.7 Å². The predicted octanol–water partition coefficient (Wildman–Crippen LogP) is 6.13. The largest absolute Gasteiger partial charge is 0.371 e. The minimum atomic E-state index is 0.0199. The molecule has 2 aliphatic heterocycles. The van der Waals surface area contributed by atoms with Gasteiger partial charge in [0, 0.05) is 60.4 Å². The van der Waals surface area contributed by atoms with Crippen LogP contribution < -0.4 is 9.80 Å². The van der Waals surface area contributed by atoms with Crippen LogP contribution in [0.2, 0.25) is 5.02 Å². The monoisotopic (exact) mass is 496 g/mol. The molecule has 1 fully saturated rings. The van der Waals surface area contributed by atoms with Gasteiger partial charge in [0.05, 0.1) is 11.4 Å². The second-order valence-corrected chi connectivity index (χ2v) is 10.1. The zero-order chi connectivity index (χ0) is 24.5. The number of halogens is 1. The van der Waals surface area contributed by atoms with E-state index in [9.17, 15) is 4.79 Å². The number of fused-ring (bicyclic) bond motifs is 3. The fourth-order valence-electron chi connectivity index (χ4n) is 5.49. The summed E-state index contributed by atoms with van der Waals surface area (Å²) >= 11 is 6.44. The third-order valence-electron chi connectivity index (χ3n) is 7.36. The molecule has 2 aliphatic rings. The molecule has 1 amide bonds. The van der Waals surface area contributed by atoms with Gasteiger partial charge in [-0.2, -0.15) is 0 Å². The number of aromatic nitrogens is 2. The van der Waals surface area contributed by atoms with Crippen LogP contribution in [0.15, 0.2) is 78.9 Å². The lowest BCUT2D eigenvalue weighted by molar-refractivity contribution is -0.123. The number of nitrogens with one attached hydrogen (secondary N) is 1. The number of para-hydroxylation sites is 1. The highest BCUT2D eigenvalue weighted by Gasteiger charge is 2.33. The van der Waals surface area contributed by atoms with E-state index in [1.165, 1.54) is 11.3 Å². The first-order valence-electron chi connectivity index (χ1n) is 12.7. The van der Waals surface area contributed by atoms with Crippen LogP contribution in [-0.2, 0) is 17.6 Å². The lowest BCUT2D eigenvalue weighted by Gasteiger charge is -2.35. The van der Waals surface area contributed by atoms with E-state index >= 15 is 0 Å². The molecule has 0 spiro atoms. The molecule has 36 heavy (non-hydrogen) atoms. The summed E-state index contributed by atoms with van der Waals surface area (Å²) in [6, 6.07) is 26.6. The average Bonchev–Trinajstić information content (AvgIpc) is 3.26. The van der Waals surface area contributed by atoms with Gasteiger partial charge in [0.2, 0.25) is 5.91 Å². The number of piperidine rings is 1. The lowest BCUT2D eigenvalue weighted by Crippen LogP contribution is -2.43. The molecule has 0 radical (unpaired) electrons. The SMILES string of the molecule is O=C(C1CCN(c2ccccc2)CC1)N1CCc2[nH]c(Cc3ccccc3)nc2-c2cc(Cl)ccc21. The van der Waals surface area contributed by atoms with Crippen molar-refractivity contribution in [2.45, 2.75) is 25.7 Å². The van der Waals surface area contributed by atoms with E-state index in [2.05, 4.69) is 46.3 Å². The Morgan fingerprint density at radius 3 is 2.42 bits per heavy atom. The maximum atomic E-state index is 13.8. The van der Waals surface area contributed by atoms with Gasteiger partial charge in [-0.15, -0.1) is 0 Å². The summed E-state index contributed by atoms with van der Waals surface area (Å²) in [4.78, 5) is 26.7. The molecule has 0 bridgehead atoms. The number of H-pyrrole nitrogens is 1. The number of amides is 1. The van der Waals surface area contributed by atoms with Gasteiger partial charge in [-0.25, -0.2) is 4.98 Å². The van der Waals surface area contributed by atoms with Crippen LogP contribution in [0, 0.1) is 5.92 Å². The minimum Gasteiger partial charge on any atom is -0.371 e. The molecule has 6 heteroatoms. The summed E-state index contributed by atoms with van der Waals surface area (Å²) in [5, 5.41) is 0.651. The van der Waals surface area contributed by atoms with E-state index in [-0.39, 0.29) is 11.8 Å². The number of nitrogens with zero attached hydrogens (tertiary/aromatic N) is 3. The second kappa shape index (κ2) is 9.82. The van der Waals surface area contributed by atoms with Crippen molar-refractivity contribution in [3.8, 4) is 11.3 Å². The summed E-state index contributed by atoms with van der Waals surface area (Å²) in [6.07, 6.45) is 3.19. The maximum Gasteiger partial charge on any atom is 0.230 e. The van der Waals surface area contributed by atoms with Crippen LogP contribution in [0.1, 0.15) is 29.9 Å². The van der Waals surface area contributed by atoms with E-state index in [0.29, 0.717) is 11.6 Å². The fraction of sp³-hybridized carbons (Fsp3) is 0.267. The van der Waals surface area contributed by atoms with E-state index in [0.717, 1.165) is 67.2 Å². The van der Waals surface area contributed by atoms with E-state index in [1.54, 1.807) is 0 Å². The van der Waals surface area contributed by atoms with Gasteiger partial charge in [0.15, 0.2) is 0 Å². The summed E-state index contributed by atoms with van der Waals surface area (Å²) in [5.41, 5.74) is 6.26. The zero-order valence-corrected chi connectivity index (χ0v) is 20.9. The molecule has 6 rings (SSSR count). The quantitative estimate of drug-likeness (QED) is 0.370. The van der Waals surface area contributed by atoms with Gasteiger partial charge in [0.1, 0.15) is 5.82 Å². The standard InChI is InChI=1S/C30H29ClN4O/c31-23-11-12-27-25(20-23)29-26(32-28(33-29)19-21-7-3-1-4-8-21)15-18-35(27)30(36)22-13-16-34(17-14-22)24-9-5-2-6-10-24/h1-12,20,22H,13-19H2,(H,32,33). The molecule has 3 heterocycles. The summed E-state index contributed by atoms with van der Waals surface area (Å²) in [5.74, 6) is 1.16. The van der Waals surface area contributed by atoms with Crippen LogP contribution in [0.3, 0.4) is 0 Å². The Balaban J connectivity index is 1.24. The van der Waals surface area contributed by atoms with Crippen LogP contribution in [0.4, 0.5) is 11.4 Å². The molecule has 5 nitrogen and oxygen atoms in total. The molecular formula is C30H29ClN4O. The van der Waals surface area contributed by atoms with Crippen molar-refractivity contribution in [1.29, 1.82) is 0 Å². The van der Waals surface area contributed by atoms with Crippen LogP contribution in [0.25, 0.3) is 11.3 Å². The molecule has 1 saturated heterocycles. The van der Waals surface area contributed by atoms with E-state index in [1.807, 2.05) is 47.4 Å². The molecule has 0 saturated carbocycles. The molecule has 0 atom stereocenters. The van der Waals surface area contributed by atoms with Crippen molar-refractivity contribution in [3.63, 3.8) is 0 Å². The van der Waals surface area contributed by atoms with Crippen molar-refractivity contribution in [2.24, 2.45) is 5.92 Å². The normalized spacial score (nSPS) is 15.8. The first-order valence-corrected chi connectivity index (χ1v) is 13.1. The second-order valence-electron chi connectivity index (χ2n) is 9.67. The topological polar surface area (TPSA) is 52.2 Å². The molecule has 3 aromatic carbocycles. The van der Waals surface area contributed by atoms with Crippen molar-refractivity contribution in [2.75, 3.05) is 29.4 Å². The molecule has 0 unspecified atom stereocenters. The highest BCUT2D eigenvalue weighted by Crippen LogP contribution is 2.38. The molecular weight excluding hydrogens is 468 g/mol. The Morgan fingerprint density at radius 1 is 0.944 bits per heavy atom. The Morgan fingerprint density at radius 2 is 1.67 bits per heavy atom. The maximum absolute atomic E-state index is 13.8. The van der Waals surface area contributed by atoms with Gasteiger partial charge in [-0.1, -0.05) is 60.1 Å². The van der Waals surface area contributed by atoms with Gasteiger partial charge in [-0.3, -0.25) is 4.79 Å². The number of hydrogen-bond acceptors (Lipinski definition) is 3. The number of rotatable bonds is 4. The molecule has 1 N–H and O–H groups in total. The minimum absolute atomic E-state index is 0.0199. The predicted molar refractivity (Wildman–Crippen MR) is 146 cm³/mol. The summed E-state index contributed by atoms with van der Waals surface area (Å²) in [6.45, 7) is 2.42.